The van der Waals surface area contributed by atoms with E-state index in [2.05, 4.69) is 42.6 Å². The Bertz CT molecular complexity index is 654. The topological polar surface area (TPSA) is 32.3 Å². The van der Waals surface area contributed by atoms with Crippen molar-refractivity contribution in [1.29, 1.82) is 0 Å². The Morgan fingerprint density at radius 3 is 2.61 bits per heavy atom. The molecule has 2 aromatic carbocycles. The van der Waals surface area contributed by atoms with Gasteiger partial charge in [0.2, 0.25) is 5.91 Å². The molecule has 1 aliphatic heterocycles. The highest BCUT2D eigenvalue weighted by molar-refractivity contribution is 5.95. The van der Waals surface area contributed by atoms with Crippen LogP contribution in [0.3, 0.4) is 0 Å². The third-order valence-electron chi connectivity index (χ3n) is 4.59. The van der Waals surface area contributed by atoms with Gasteiger partial charge in [0.1, 0.15) is 0 Å². The highest BCUT2D eigenvalue weighted by atomic mass is 16.2. The summed E-state index contributed by atoms with van der Waals surface area (Å²) < 4.78 is 0. The molecule has 1 N–H and O–H groups in total. The second-order valence-electron chi connectivity index (χ2n) is 6.09. The molecular formula is C20H24N2O. The van der Waals surface area contributed by atoms with Crippen LogP contribution >= 0.6 is 0 Å². The van der Waals surface area contributed by atoms with E-state index < -0.39 is 0 Å². The maximum Gasteiger partial charge on any atom is 0.241 e. The number of anilines is 1. The average Bonchev–Trinajstić information content (AvgIpc) is 2.66. The molecule has 0 saturated heterocycles. The van der Waals surface area contributed by atoms with E-state index in [-0.39, 0.29) is 5.91 Å². The summed E-state index contributed by atoms with van der Waals surface area (Å²) in [6, 6.07) is 18.6. The SMILES string of the molecule is CCC1CCNCC(=O)N(Cc2ccccc2)c2ccccc21. The number of amides is 1. The highest BCUT2D eigenvalue weighted by Crippen LogP contribution is 2.33. The fourth-order valence-electron chi connectivity index (χ4n) is 3.30. The van der Waals surface area contributed by atoms with Crippen molar-refractivity contribution in [1.82, 2.24) is 5.32 Å². The summed E-state index contributed by atoms with van der Waals surface area (Å²) in [6.07, 6.45) is 2.16. The fraction of sp³-hybridized carbons (Fsp3) is 0.350. The number of hydrogen-bond acceptors (Lipinski definition) is 2. The van der Waals surface area contributed by atoms with Gasteiger partial charge in [0, 0.05) is 5.69 Å². The van der Waals surface area contributed by atoms with Gasteiger partial charge in [-0.15, -0.1) is 0 Å². The highest BCUT2D eigenvalue weighted by Gasteiger charge is 2.23. The number of rotatable bonds is 3. The first-order valence-electron chi connectivity index (χ1n) is 8.43. The second-order valence-corrected chi connectivity index (χ2v) is 6.09. The van der Waals surface area contributed by atoms with E-state index in [9.17, 15) is 4.79 Å². The summed E-state index contributed by atoms with van der Waals surface area (Å²) in [5.41, 5.74) is 3.52. The van der Waals surface area contributed by atoms with E-state index >= 15 is 0 Å². The lowest BCUT2D eigenvalue weighted by Gasteiger charge is -2.27. The van der Waals surface area contributed by atoms with Crippen molar-refractivity contribution in [3.8, 4) is 0 Å². The molecule has 3 rings (SSSR count). The smallest absolute Gasteiger partial charge is 0.241 e. The van der Waals surface area contributed by atoms with Crippen molar-refractivity contribution in [2.24, 2.45) is 0 Å². The largest absolute Gasteiger partial charge is 0.308 e. The van der Waals surface area contributed by atoms with Crippen LogP contribution in [0, 0.1) is 0 Å². The molecule has 0 radical (unpaired) electrons. The number of carbonyl (C=O) groups is 1. The summed E-state index contributed by atoms with van der Waals surface area (Å²) in [4.78, 5) is 14.7. The number of hydrogen-bond donors (Lipinski definition) is 1. The van der Waals surface area contributed by atoms with Gasteiger partial charge >= 0.3 is 0 Å². The first-order valence-corrected chi connectivity index (χ1v) is 8.43. The molecule has 0 aliphatic carbocycles. The average molecular weight is 308 g/mol. The van der Waals surface area contributed by atoms with E-state index in [0.29, 0.717) is 19.0 Å². The Morgan fingerprint density at radius 1 is 1.09 bits per heavy atom. The van der Waals surface area contributed by atoms with Gasteiger partial charge in [-0.05, 0) is 42.5 Å². The first kappa shape index (κ1) is 15.8. The Morgan fingerprint density at radius 2 is 1.83 bits per heavy atom. The van der Waals surface area contributed by atoms with Gasteiger partial charge in [-0.25, -0.2) is 0 Å². The minimum Gasteiger partial charge on any atom is -0.308 e. The van der Waals surface area contributed by atoms with Crippen molar-refractivity contribution in [2.75, 3.05) is 18.0 Å². The molecule has 1 atom stereocenters. The third-order valence-corrected chi connectivity index (χ3v) is 4.59. The van der Waals surface area contributed by atoms with Crippen LogP contribution in [0.25, 0.3) is 0 Å². The van der Waals surface area contributed by atoms with Crippen molar-refractivity contribution in [3.05, 3.63) is 65.7 Å². The molecule has 1 aliphatic rings. The molecule has 1 heterocycles. The Balaban J connectivity index is 2.01. The van der Waals surface area contributed by atoms with Crippen LogP contribution in [-0.2, 0) is 11.3 Å². The summed E-state index contributed by atoms with van der Waals surface area (Å²) >= 11 is 0. The second kappa shape index (κ2) is 7.42. The molecule has 3 nitrogen and oxygen atoms in total. The minimum absolute atomic E-state index is 0.137. The first-order chi connectivity index (χ1) is 11.3. The Labute approximate surface area is 138 Å². The lowest BCUT2D eigenvalue weighted by atomic mass is 9.91. The number of nitrogens with zero attached hydrogens (tertiary/aromatic N) is 1. The van der Waals surface area contributed by atoms with E-state index in [1.807, 2.05) is 29.2 Å². The summed E-state index contributed by atoms with van der Waals surface area (Å²) in [7, 11) is 0. The molecule has 120 valence electrons. The van der Waals surface area contributed by atoms with Crippen LogP contribution in [0.15, 0.2) is 54.6 Å². The number of benzene rings is 2. The zero-order valence-electron chi connectivity index (χ0n) is 13.7. The lowest BCUT2D eigenvalue weighted by Crippen LogP contribution is -2.37. The van der Waals surface area contributed by atoms with E-state index in [4.69, 9.17) is 0 Å². The molecule has 3 heteroatoms. The number of carbonyl (C=O) groups excluding carboxylic acids is 1. The molecular weight excluding hydrogens is 284 g/mol. The predicted molar refractivity (Wildman–Crippen MR) is 94.6 cm³/mol. The van der Waals surface area contributed by atoms with E-state index in [0.717, 1.165) is 30.6 Å². The van der Waals surface area contributed by atoms with Crippen molar-refractivity contribution in [3.63, 3.8) is 0 Å². The molecule has 23 heavy (non-hydrogen) atoms. The van der Waals surface area contributed by atoms with Gasteiger partial charge in [0.05, 0.1) is 13.1 Å². The van der Waals surface area contributed by atoms with E-state index in [1.165, 1.54) is 5.56 Å². The van der Waals surface area contributed by atoms with Gasteiger partial charge in [-0.1, -0.05) is 55.5 Å². The molecule has 0 bridgehead atoms. The van der Waals surface area contributed by atoms with Crippen molar-refractivity contribution >= 4 is 11.6 Å². The molecule has 0 spiro atoms. The Kier molecular flexibility index (Phi) is 5.09. The van der Waals surface area contributed by atoms with Crippen molar-refractivity contribution < 1.29 is 4.79 Å². The van der Waals surface area contributed by atoms with Gasteiger partial charge in [-0.3, -0.25) is 4.79 Å². The quantitative estimate of drug-likeness (QED) is 0.937. The summed E-state index contributed by atoms with van der Waals surface area (Å²) in [5, 5.41) is 3.30. The molecule has 1 amide bonds. The summed E-state index contributed by atoms with van der Waals surface area (Å²) in [5.74, 6) is 0.626. The van der Waals surface area contributed by atoms with Gasteiger partial charge in [0.25, 0.3) is 0 Å². The van der Waals surface area contributed by atoms with Gasteiger partial charge < -0.3 is 10.2 Å². The number of para-hydroxylation sites is 1. The van der Waals surface area contributed by atoms with Crippen molar-refractivity contribution in [2.45, 2.75) is 32.2 Å². The summed E-state index contributed by atoms with van der Waals surface area (Å²) in [6.45, 7) is 4.13. The molecule has 1 unspecified atom stereocenters. The van der Waals surface area contributed by atoms with Crippen LogP contribution in [0.1, 0.15) is 36.8 Å². The molecule has 0 saturated carbocycles. The molecule has 2 aromatic rings. The number of nitrogens with one attached hydrogen (secondary N) is 1. The van der Waals surface area contributed by atoms with Crippen LogP contribution in [0.5, 0.6) is 0 Å². The maximum absolute atomic E-state index is 12.7. The van der Waals surface area contributed by atoms with Crippen LogP contribution in [0.4, 0.5) is 5.69 Å². The Hall–Kier alpha value is -2.13. The minimum atomic E-state index is 0.137. The molecule has 0 aromatic heterocycles. The standard InChI is InChI=1S/C20H24N2O/c1-2-17-12-13-21-14-20(23)22(15-16-8-4-3-5-9-16)19-11-7-6-10-18(17)19/h3-11,17,21H,2,12-15H2,1H3. The predicted octanol–water partition coefficient (Wildman–Crippen LogP) is 3.71. The zero-order chi connectivity index (χ0) is 16.1. The lowest BCUT2D eigenvalue weighted by molar-refractivity contribution is -0.117. The van der Waals surface area contributed by atoms with Crippen LogP contribution in [0.2, 0.25) is 0 Å². The maximum atomic E-state index is 12.7. The monoisotopic (exact) mass is 308 g/mol. The van der Waals surface area contributed by atoms with Gasteiger partial charge in [0.15, 0.2) is 0 Å². The van der Waals surface area contributed by atoms with Gasteiger partial charge in [-0.2, -0.15) is 0 Å². The number of fused-ring (bicyclic) bond motifs is 1. The third kappa shape index (κ3) is 3.62. The van der Waals surface area contributed by atoms with E-state index in [1.54, 1.807) is 0 Å². The van der Waals surface area contributed by atoms with Crippen LogP contribution in [-0.4, -0.2) is 19.0 Å². The van der Waals surface area contributed by atoms with Crippen LogP contribution < -0.4 is 10.2 Å². The zero-order valence-corrected chi connectivity index (χ0v) is 13.7. The normalized spacial score (nSPS) is 18.7. The molecule has 0 fully saturated rings. The fourth-order valence-corrected chi connectivity index (χ4v) is 3.30.